The maximum Gasteiger partial charge on any atom is 0.153 e. The molecule has 5 nitrogen and oxygen atoms in total. The highest BCUT2D eigenvalue weighted by atomic mass is 32.2. The van der Waals surface area contributed by atoms with Crippen molar-refractivity contribution in [3.8, 4) is 0 Å². The Hall–Kier alpha value is -1.17. The van der Waals surface area contributed by atoms with E-state index in [0.29, 0.717) is 13.1 Å². The van der Waals surface area contributed by atoms with E-state index in [4.69, 9.17) is 0 Å². The summed E-state index contributed by atoms with van der Waals surface area (Å²) in [5, 5.41) is 0. The van der Waals surface area contributed by atoms with Crippen molar-refractivity contribution in [2.45, 2.75) is 20.3 Å². The normalized spacial score (nSPS) is 19.3. The Balaban J connectivity index is 2.26. The Bertz CT molecular complexity index is 499. The first-order chi connectivity index (χ1) is 8.02. The van der Waals surface area contributed by atoms with Gasteiger partial charge in [-0.05, 0) is 13.3 Å². The van der Waals surface area contributed by atoms with Gasteiger partial charge in [0.2, 0.25) is 0 Å². The molecule has 17 heavy (non-hydrogen) atoms. The van der Waals surface area contributed by atoms with Gasteiger partial charge in [-0.3, -0.25) is 0 Å². The molecule has 2 rings (SSSR count). The molecule has 0 radical (unpaired) electrons. The fraction of sp³-hybridized carbons (Fsp3) is 0.636. The van der Waals surface area contributed by atoms with Gasteiger partial charge < -0.3 is 4.90 Å². The molecule has 0 saturated carbocycles. The molecule has 94 valence electrons. The van der Waals surface area contributed by atoms with Crippen LogP contribution in [-0.4, -0.2) is 43.0 Å². The predicted octanol–water partition coefficient (Wildman–Crippen LogP) is 0.582. The van der Waals surface area contributed by atoms with Gasteiger partial charge in [-0.25, -0.2) is 18.4 Å². The molecule has 0 atom stereocenters. The average Bonchev–Trinajstić information content (AvgIpc) is 2.29. The first kappa shape index (κ1) is 12.3. The molecule has 2 heterocycles. The van der Waals surface area contributed by atoms with Gasteiger partial charge in [0.25, 0.3) is 0 Å². The Morgan fingerprint density at radius 3 is 2.59 bits per heavy atom. The van der Waals surface area contributed by atoms with E-state index in [0.717, 1.165) is 23.6 Å². The molecule has 0 N–H and O–H groups in total. The molecule has 1 aliphatic heterocycles. The molecule has 0 spiro atoms. The van der Waals surface area contributed by atoms with Gasteiger partial charge in [-0.2, -0.15) is 0 Å². The van der Waals surface area contributed by atoms with Crippen LogP contribution in [0.1, 0.15) is 18.3 Å². The third kappa shape index (κ3) is 2.74. The molecule has 1 aromatic heterocycles. The lowest BCUT2D eigenvalue weighted by Crippen LogP contribution is -2.41. The predicted molar refractivity (Wildman–Crippen MR) is 67.0 cm³/mol. The van der Waals surface area contributed by atoms with Crippen molar-refractivity contribution in [2.24, 2.45) is 0 Å². The van der Waals surface area contributed by atoms with Crippen molar-refractivity contribution in [2.75, 3.05) is 29.5 Å². The molecule has 6 heteroatoms. The number of hydrogen-bond acceptors (Lipinski definition) is 5. The summed E-state index contributed by atoms with van der Waals surface area (Å²) in [6.45, 7) is 4.97. The van der Waals surface area contributed by atoms with Crippen LogP contribution in [0.5, 0.6) is 0 Å². The zero-order chi connectivity index (χ0) is 12.5. The summed E-state index contributed by atoms with van der Waals surface area (Å²) < 4.78 is 22.8. The molecule has 0 bridgehead atoms. The van der Waals surface area contributed by atoms with E-state index in [9.17, 15) is 8.42 Å². The van der Waals surface area contributed by atoms with Crippen LogP contribution in [0.4, 0.5) is 5.82 Å². The zero-order valence-electron chi connectivity index (χ0n) is 10.2. The quantitative estimate of drug-likeness (QED) is 0.773. The number of hydrogen-bond donors (Lipinski definition) is 0. The topological polar surface area (TPSA) is 63.2 Å². The average molecular weight is 255 g/mol. The Kier molecular flexibility index (Phi) is 3.33. The van der Waals surface area contributed by atoms with Gasteiger partial charge in [0.15, 0.2) is 9.84 Å². The lowest BCUT2D eigenvalue weighted by atomic mass is 10.2. The number of rotatable bonds is 2. The van der Waals surface area contributed by atoms with Crippen molar-refractivity contribution in [1.82, 2.24) is 9.97 Å². The lowest BCUT2D eigenvalue weighted by molar-refractivity contribution is 0.586. The van der Waals surface area contributed by atoms with Crippen LogP contribution in [0.2, 0.25) is 0 Å². The smallest absolute Gasteiger partial charge is 0.153 e. The molecule has 0 amide bonds. The Morgan fingerprint density at radius 2 is 2.00 bits per heavy atom. The van der Waals surface area contributed by atoms with Crippen molar-refractivity contribution in [1.29, 1.82) is 0 Å². The number of aryl methyl sites for hydroxylation is 2. The summed E-state index contributed by atoms with van der Waals surface area (Å²) in [5.74, 6) is 2.07. The van der Waals surface area contributed by atoms with E-state index in [1.807, 2.05) is 13.1 Å². The Morgan fingerprint density at radius 1 is 1.35 bits per heavy atom. The monoisotopic (exact) mass is 255 g/mol. The van der Waals surface area contributed by atoms with Gasteiger partial charge in [0.05, 0.1) is 11.5 Å². The standard InChI is InChI=1S/C11H17N3O2S/c1-3-10-8-12-9(2)13-11(10)14-4-6-17(15,16)7-5-14/h8H,3-7H2,1-2H3. The molecule has 1 aliphatic rings. The highest BCUT2D eigenvalue weighted by molar-refractivity contribution is 7.91. The molecular weight excluding hydrogens is 238 g/mol. The van der Waals surface area contributed by atoms with Crippen molar-refractivity contribution < 1.29 is 8.42 Å². The van der Waals surface area contributed by atoms with Gasteiger partial charge in [0.1, 0.15) is 11.6 Å². The number of aromatic nitrogens is 2. The molecule has 0 aliphatic carbocycles. The zero-order valence-corrected chi connectivity index (χ0v) is 11.0. The number of sulfone groups is 1. The summed E-state index contributed by atoms with van der Waals surface area (Å²) in [4.78, 5) is 10.7. The van der Waals surface area contributed by atoms with Crippen molar-refractivity contribution in [3.05, 3.63) is 17.6 Å². The molecular formula is C11H17N3O2S. The second-order valence-electron chi connectivity index (χ2n) is 4.26. The number of anilines is 1. The molecule has 1 saturated heterocycles. The van der Waals surface area contributed by atoms with Crippen molar-refractivity contribution in [3.63, 3.8) is 0 Å². The van der Waals surface area contributed by atoms with E-state index in [1.54, 1.807) is 0 Å². The van der Waals surface area contributed by atoms with Gasteiger partial charge in [0, 0.05) is 24.8 Å². The third-order valence-electron chi connectivity index (χ3n) is 2.99. The third-order valence-corrected chi connectivity index (χ3v) is 4.60. The second-order valence-corrected chi connectivity index (χ2v) is 6.56. The van der Waals surface area contributed by atoms with Gasteiger partial charge >= 0.3 is 0 Å². The highest BCUT2D eigenvalue weighted by Crippen LogP contribution is 2.20. The summed E-state index contributed by atoms with van der Waals surface area (Å²) in [5.41, 5.74) is 1.08. The fourth-order valence-corrected chi connectivity index (χ4v) is 3.13. The lowest BCUT2D eigenvalue weighted by Gasteiger charge is -2.29. The minimum absolute atomic E-state index is 0.221. The molecule has 1 aromatic rings. The summed E-state index contributed by atoms with van der Waals surface area (Å²) in [6, 6.07) is 0. The highest BCUT2D eigenvalue weighted by Gasteiger charge is 2.23. The molecule has 1 fully saturated rings. The first-order valence-corrected chi connectivity index (χ1v) is 7.62. The molecule has 0 aromatic carbocycles. The summed E-state index contributed by atoms with van der Waals surface area (Å²) >= 11 is 0. The van der Waals surface area contributed by atoms with Crippen LogP contribution >= 0.6 is 0 Å². The van der Waals surface area contributed by atoms with Gasteiger partial charge in [-0.15, -0.1) is 0 Å². The first-order valence-electron chi connectivity index (χ1n) is 5.80. The number of nitrogens with zero attached hydrogens (tertiary/aromatic N) is 3. The van der Waals surface area contributed by atoms with E-state index < -0.39 is 9.84 Å². The van der Waals surface area contributed by atoms with Crippen LogP contribution in [-0.2, 0) is 16.3 Å². The maximum atomic E-state index is 11.4. The minimum atomic E-state index is -2.84. The Labute approximate surface area is 102 Å². The van der Waals surface area contributed by atoms with Crippen LogP contribution in [0.15, 0.2) is 6.20 Å². The molecule has 0 unspecified atom stereocenters. The van der Waals surface area contributed by atoms with Crippen LogP contribution in [0, 0.1) is 6.92 Å². The van der Waals surface area contributed by atoms with E-state index in [-0.39, 0.29) is 11.5 Å². The SMILES string of the molecule is CCc1cnc(C)nc1N1CCS(=O)(=O)CC1. The van der Waals surface area contributed by atoms with E-state index in [2.05, 4.69) is 21.8 Å². The van der Waals surface area contributed by atoms with E-state index >= 15 is 0 Å². The van der Waals surface area contributed by atoms with Crippen LogP contribution < -0.4 is 4.90 Å². The van der Waals surface area contributed by atoms with Gasteiger partial charge in [-0.1, -0.05) is 6.92 Å². The van der Waals surface area contributed by atoms with E-state index in [1.165, 1.54) is 0 Å². The summed E-state index contributed by atoms with van der Waals surface area (Å²) in [7, 11) is -2.84. The maximum absolute atomic E-state index is 11.4. The minimum Gasteiger partial charge on any atom is -0.354 e. The largest absolute Gasteiger partial charge is 0.354 e. The second kappa shape index (κ2) is 4.60. The van der Waals surface area contributed by atoms with Crippen molar-refractivity contribution >= 4 is 15.7 Å². The fourth-order valence-electron chi connectivity index (χ4n) is 1.93. The van der Waals surface area contributed by atoms with Crippen LogP contribution in [0.25, 0.3) is 0 Å². The van der Waals surface area contributed by atoms with Crippen LogP contribution in [0.3, 0.4) is 0 Å². The summed E-state index contributed by atoms with van der Waals surface area (Å²) in [6.07, 6.45) is 2.69.